The van der Waals surface area contributed by atoms with Gasteiger partial charge in [-0.25, -0.2) is 4.98 Å². The summed E-state index contributed by atoms with van der Waals surface area (Å²) in [6.07, 6.45) is 9.66. The van der Waals surface area contributed by atoms with Gasteiger partial charge in [-0.3, -0.25) is 8.89 Å². The fraction of sp³-hybridized carbons (Fsp3) is 0.567. The van der Waals surface area contributed by atoms with Crippen LogP contribution >= 0.6 is 11.6 Å². The lowest BCUT2D eigenvalue weighted by Gasteiger charge is -2.26. The molecule has 4 N–H and O–H groups in total. The number of halogens is 1. The maximum absolute atomic E-state index is 12.8. The Bertz CT molecular complexity index is 1320. The van der Waals surface area contributed by atoms with Gasteiger partial charge in [0, 0.05) is 18.5 Å². The number of nitrogens with one attached hydrogen (secondary N) is 2. The van der Waals surface area contributed by atoms with Crippen molar-refractivity contribution < 1.29 is 8.95 Å². The summed E-state index contributed by atoms with van der Waals surface area (Å²) >= 11 is 6.44. The lowest BCUT2D eigenvalue weighted by Crippen LogP contribution is -2.12. The molecule has 1 saturated carbocycles. The maximum atomic E-state index is 12.8. The van der Waals surface area contributed by atoms with Crippen LogP contribution in [0.3, 0.4) is 0 Å². The summed E-state index contributed by atoms with van der Waals surface area (Å²) in [6.45, 7) is 13.9. The number of aryl methyl sites for hydroxylation is 2. The zero-order valence-corrected chi connectivity index (χ0v) is 27.2. The summed E-state index contributed by atoms with van der Waals surface area (Å²) in [5.41, 5.74) is 9.11. The summed E-state index contributed by atoms with van der Waals surface area (Å²) < 4.78 is 20.6. The number of anilines is 4. The molecule has 1 atom stereocenters. The number of hydrogen-bond acceptors (Lipinski definition) is 8. The Kier molecular flexibility index (Phi) is 12.0. The summed E-state index contributed by atoms with van der Waals surface area (Å²) in [5, 5.41) is 11.6. The number of ether oxygens (including phenoxy) is 1. The Hall–Kier alpha value is -2.69. The molecule has 1 fully saturated rings. The van der Waals surface area contributed by atoms with Crippen LogP contribution in [0.1, 0.15) is 90.7 Å². The topological polar surface area (TPSA) is 120 Å². The molecule has 0 bridgehead atoms. The van der Waals surface area contributed by atoms with Crippen molar-refractivity contribution >= 4 is 45.5 Å². The number of hydrogen-bond donors (Lipinski definition) is 3. The number of benzene rings is 1. The highest BCUT2D eigenvalue weighted by atomic mass is 35.5. The van der Waals surface area contributed by atoms with Gasteiger partial charge in [0.25, 0.3) is 0 Å². The van der Waals surface area contributed by atoms with Crippen LogP contribution in [0.25, 0.3) is 0 Å². The molecule has 1 aromatic carbocycles. The predicted octanol–water partition coefficient (Wildman–Crippen LogP) is 7.36. The van der Waals surface area contributed by atoms with Gasteiger partial charge in [-0.15, -0.1) is 0 Å². The van der Waals surface area contributed by atoms with Crippen molar-refractivity contribution in [2.45, 2.75) is 109 Å². The molecule has 0 aliphatic heterocycles. The third kappa shape index (κ3) is 9.41. The molecule has 0 amide bonds. The standard InChI is InChI=1S/C27H37ClN6O2S.C3H9N/c1-16(2)36-24-13-20(19-10-8-7-9-11-19)18(5)12-22(24)31-27-29-14-21(28)25(32-27)30-23-15-34(6)33-26(23)37(35)17(3)4;1-3(2)4/h12-17,19H,7-11H2,1-6H3,(H2,29,30,31,32);3H,4H2,1-2H3. The van der Waals surface area contributed by atoms with Crippen molar-refractivity contribution in [3.8, 4) is 5.75 Å². The highest BCUT2D eigenvalue weighted by molar-refractivity contribution is 7.85. The van der Waals surface area contributed by atoms with E-state index in [2.05, 4.69) is 44.8 Å². The van der Waals surface area contributed by atoms with Crippen LogP contribution < -0.4 is 21.1 Å². The Morgan fingerprint density at radius 2 is 1.73 bits per heavy atom. The lowest BCUT2D eigenvalue weighted by atomic mass is 9.82. The van der Waals surface area contributed by atoms with Crippen LogP contribution in [0.5, 0.6) is 5.75 Å². The molecule has 3 aromatic rings. The Labute approximate surface area is 252 Å². The van der Waals surface area contributed by atoms with Crippen molar-refractivity contribution in [1.29, 1.82) is 0 Å². The summed E-state index contributed by atoms with van der Waals surface area (Å²) in [6, 6.07) is 4.64. The fourth-order valence-corrected chi connectivity index (χ4v) is 5.81. The van der Waals surface area contributed by atoms with E-state index in [1.54, 1.807) is 24.1 Å². The summed E-state index contributed by atoms with van der Waals surface area (Å²) in [5.74, 6) is 2.14. The van der Waals surface area contributed by atoms with Gasteiger partial charge in [0.15, 0.2) is 10.8 Å². The van der Waals surface area contributed by atoms with Gasteiger partial charge < -0.3 is 21.1 Å². The molecule has 0 saturated heterocycles. The highest BCUT2D eigenvalue weighted by Crippen LogP contribution is 2.40. The van der Waals surface area contributed by atoms with E-state index >= 15 is 0 Å². The van der Waals surface area contributed by atoms with Gasteiger partial charge in [-0.1, -0.05) is 58.6 Å². The van der Waals surface area contributed by atoms with Gasteiger partial charge in [-0.2, -0.15) is 10.1 Å². The second-order valence-electron chi connectivity index (χ2n) is 11.5. The first-order chi connectivity index (χ1) is 19.3. The van der Waals surface area contributed by atoms with E-state index in [0.29, 0.717) is 39.5 Å². The molecule has 0 radical (unpaired) electrons. The average Bonchev–Trinajstić information content (AvgIpc) is 3.26. The van der Waals surface area contributed by atoms with Gasteiger partial charge >= 0.3 is 0 Å². The number of nitrogens with two attached hydrogens (primary N) is 1. The van der Waals surface area contributed by atoms with Crippen molar-refractivity contribution in [2.24, 2.45) is 12.8 Å². The first-order valence-corrected chi connectivity index (χ1v) is 16.0. The number of aromatic nitrogens is 4. The molecular formula is C30H46ClN7O2S. The van der Waals surface area contributed by atoms with E-state index in [1.807, 2.05) is 41.5 Å². The molecule has 11 heteroatoms. The second-order valence-corrected chi connectivity index (χ2v) is 13.8. The average molecular weight is 604 g/mol. The van der Waals surface area contributed by atoms with Crippen LogP contribution in [-0.4, -0.2) is 41.4 Å². The van der Waals surface area contributed by atoms with Crippen molar-refractivity contribution in [2.75, 3.05) is 10.6 Å². The molecular weight excluding hydrogens is 558 g/mol. The SMILES string of the molecule is CC(C)N.Cc1cc(Nc2ncc(Cl)c(Nc3cn(C)nc3S(=O)C(C)C)n2)c(OC(C)C)cc1C1CCCCC1. The van der Waals surface area contributed by atoms with E-state index in [4.69, 9.17) is 22.1 Å². The van der Waals surface area contributed by atoms with Gasteiger partial charge in [0.1, 0.15) is 10.8 Å². The predicted molar refractivity (Wildman–Crippen MR) is 170 cm³/mol. The Balaban J connectivity index is 0.00000108. The molecule has 1 aliphatic carbocycles. The van der Waals surface area contributed by atoms with E-state index in [1.165, 1.54) is 43.2 Å². The molecule has 0 spiro atoms. The second kappa shape index (κ2) is 15.0. The largest absolute Gasteiger partial charge is 0.489 e. The molecule has 2 heterocycles. The first kappa shape index (κ1) is 32.8. The third-order valence-electron chi connectivity index (χ3n) is 6.43. The van der Waals surface area contributed by atoms with E-state index in [9.17, 15) is 4.21 Å². The molecule has 9 nitrogen and oxygen atoms in total. The Morgan fingerprint density at radius 1 is 1.07 bits per heavy atom. The van der Waals surface area contributed by atoms with E-state index < -0.39 is 10.8 Å². The summed E-state index contributed by atoms with van der Waals surface area (Å²) in [7, 11) is 0.516. The van der Waals surface area contributed by atoms with Crippen LogP contribution in [0.2, 0.25) is 5.02 Å². The highest BCUT2D eigenvalue weighted by Gasteiger charge is 2.22. The molecule has 1 unspecified atom stereocenters. The normalized spacial score (nSPS) is 14.7. The first-order valence-electron chi connectivity index (χ1n) is 14.4. The smallest absolute Gasteiger partial charge is 0.229 e. The molecule has 1 aliphatic rings. The zero-order valence-electron chi connectivity index (χ0n) is 25.6. The minimum atomic E-state index is -1.27. The molecule has 2 aromatic heterocycles. The molecule has 41 heavy (non-hydrogen) atoms. The monoisotopic (exact) mass is 603 g/mol. The minimum Gasteiger partial charge on any atom is -0.489 e. The van der Waals surface area contributed by atoms with Crippen LogP contribution in [0.4, 0.5) is 23.1 Å². The molecule has 4 rings (SSSR count). The third-order valence-corrected chi connectivity index (χ3v) is 8.25. The quantitative estimate of drug-likeness (QED) is 0.232. The summed E-state index contributed by atoms with van der Waals surface area (Å²) in [4.78, 5) is 9.02. The zero-order chi connectivity index (χ0) is 30.3. The van der Waals surface area contributed by atoms with Crippen molar-refractivity contribution in [1.82, 2.24) is 19.7 Å². The number of rotatable bonds is 9. The maximum Gasteiger partial charge on any atom is 0.229 e. The van der Waals surface area contributed by atoms with Gasteiger partial charge in [-0.05, 0) is 68.8 Å². The molecule has 226 valence electrons. The van der Waals surface area contributed by atoms with Gasteiger partial charge in [0.05, 0.1) is 34.5 Å². The van der Waals surface area contributed by atoms with Crippen LogP contribution in [0, 0.1) is 6.92 Å². The number of nitrogens with zero attached hydrogens (tertiary/aromatic N) is 4. The van der Waals surface area contributed by atoms with Crippen molar-refractivity contribution in [3.63, 3.8) is 0 Å². The van der Waals surface area contributed by atoms with E-state index in [0.717, 1.165) is 11.4 Å². The van der Waals surface area contributed by atoms with E-state index in [-0.39, 0.29) is 11.4 Å². The van der Waals surface area contributed by atoms with Crippen molar-refractivity contribution in [3.05, 3.63) is 40.7 Å². The van der Waals surface area contributed by atoms with Crippen LogP contribution in [0.15, 0.2) is 29.6 Å². The minimum absolute atomic E-state index is 0.0247. The van der Waals surface area contributed by atoms with Gasteiger partial charge in [0.2, 0.25) is 5.95 Å². The Morgan fingerprint density at radius 3 is 2.34 bits per heavy atom. The lowest BCUT2D eigenvalue weighted by molar-refractivity contribution is 0.243. The fourth-order valence-electron chi connectivity index (χ4n) is 4.70. The van der Waals surface area contributed by atoms with Crippen LogP contribution in [-0.2, 0) is 17.8 Å².